The van der Waals surface area contributed by atoms with Crippen molar-refractivity contribution in [2.45, 2.75) is 4.90 Å². The average molecular weight is 477 g/mol. The summed E-state index contributed by atoms with van der Waals surface area (Å²) in [6.07, 6.45) is 1.06. The van der Waals surface area contributed by atoms with Crippen LogP contribution >= 0.6 is 15.9 Å². The summed E-state index contributed by atoms with van der Waals surface area (Å²) in [6, 6.07) is 12.8. The zero-order valence-electron chi connectivity index (χ0n) is 14.4. The third kappa shape index (κ3) is 4.26. The molecule has 3 aromatic rings. The summed E-state index contributed by atoms with van der Waals surface area (Å²) in [5, 5.41) is 20.1. The molecule has 1 heterocycles. The van der Waals surface area contributed by atoms with Gasteiger partial charge >= 0.3 is 0 Å². The first kappa shape index (κ1) is 20.4. The number of furan rings is 1. The van der Waals surface area contributed by atoms with Gasteiger partial charge in [0.15, 0.2) is 4.91 Å². The second-order valence-corrected chi connectivity index (χ2v) is 8.47. The van der Waals surface area contributed by atoms with Crippen molar-refractivity contribution in [2.24, 2.45) is 0 Å². The van der Waals surface area contributed by atoms with Gasteiger partial charge in [-0.15, -0.1) is 0 Å². The van der Waals surface area contributed by atoms with Gasteiger partial charge in [-0.25, -0.2) is 12.8 Å². The molecule has 0 N–H and O–H groups in total. The largest absolute Gasteiger partial charge is 0.457 e. The molecule has 0 aliphatic carbocycles. The normalized spacial score (nSPS) is 11.8. The number of non-ortho nitro benzene ring substituents is 1. The summed E-state index contributed by atoms with van der Waals surface area (Å²) in [6.45, 7) is 0. The Kier molecular flexibility index (Phi) is 5.63. The van der Waals surface area contributed by atoms with E-state index in [0.717, 1.165) is 30.3 Å². The molecule has 0 aliphatic rings. The second kappa shape index (κ2) is 7.98. The standard InChI is InChI=1S/C19H10BrFN2O5S/c20-18-9-13(23(24)25)3-7-17(18)19-8-4-14(28-19)10-16(11-22)29(26,27)15-5-1-12(21)2-6-15/h1-10H. The van der Waals surface area contributed by atoms with E-state index in [1.54, 1.807) is 6.07 Å². The molecule has 10 heteroatoms. The number of nitro groups is 1. The number of benzene rings is 2. The molecule has 1 aromatic heterocycles. The number of nitrogens with zero attached hydrogens (tertiary/aromatic N) is 2. The van der Waals surface area contributed by atoms with E-state index in [-0.39, 0.29) is 16.3 Å². The number of hydrogen-bond acceptors (Lipinski definition) is 6. The van der Waals surface area contributed by atoms with Crippen LogP contribution in [0.2, 0.25) is 0 Å². The number of rotatable bonds is 5. The van der Waals surface area contributed by atoms with E-state index in [4.69, 9.17) is 4.42 Å². The van der Waals surface area contributed by atoms with Gasteiger partial charge < -0.3 is 4.42 Å². The minimum Gasteiger partial charge on any atom is -0.457 e. The maximum atomic E-state index is 13.0. The minimum atomic E-state index is -4.16. The first-order chi connectivity index (χ1) is 13.7. The van der Waals surface area contributed by atoms with Crippen LogP contribution in [0, 0.1) is 27.3 Å². The van der Waals surface area contributed by atoms with Gasteiger partial charge in [-0.05, 0) is 58.4 Å². The molecule has 0 aliphatic heterocycles. The average Bonchev–Trinajstić information content (AvgIpc) is 3.14. The van der Waals surface area contributed by atoms with Crippen molar-refractivity contribution >= 4 is 37.5 Å². The zero-order valence-corrected chi connectivity index (χ0v) is 16.8. The molecule has 0 unspecified atom stereocenters. The van der Waals surface area contributed by atoms with Crippen molar-refractivity contribution in [3.63, 3.8) is 0 Å². The van der Waals surface area contributed by atoms with E-state index < -0.39 is 25.5 Å². The van der Waals surface area contributed by atoms with Crippen LogP contribution in [0.4, 0.5) is 10.1 Å². The molecule has 0 spiro atoms. The first-order valence-electron chi connectivity index (χ1n) is 7.89. The van der Waals surface area contributed by atoms with E-state index in [1.165, 1.54) is 30.3 Å². The molecule has 0 saturated carbocycles. The lowest BCUT2D eigenvalue weighted by molar-refractivity contribution is -0.384. The van der Waals surface area contributed by atoms with Crippen molar-refractivity contribution in [1.82, 2.24) is 0 Å². The Morgan fingerprint density at radius 1 is 1.17 bits per heavy atom. The predicted octanol–water partition coefficient (Wildman–Crippen LogP) is 5.09. The molecular weight excluding hydrogens is 467 g/mol. The van der Waals surface area contributed by atoms with E-state index >= 15 is 0 Å². The van der Waals surface area contributed by atoms with Crippen LogP contribution in [0.1, 0.15) is 5.76 Å². The number of halogens is 2. The highest BCUT2D eigenvalue weighted by Gasteiger charge is 2.22. The molecular formula is C19H10BrFN2O5S. The molecule has 3 rings (SSSR count). The van der Waals surface area contributed by atoms with Crippen LogP contribution in [0.5, 0.6) is 0 Å². The SMILES string of the molecule is N#CC(=Cc1ccc(-c2ccc([N+](=O)[O-])cc2Br)o1)S(=O)(=O)c1ccc(F)cc1. The number of sulfone groups is 1. The number of nitro benzene ring substituents is 1. The van der Waals surface area contributed by atoms with Crippen molar-refractivity contribution in [3.05, 3.63) is 85.7 Å². The van der Waals surface area contributed by atoms with Gasteiger partial charge in [-0.2, -0.15) is 5.26 Å². The van der Waals surface area contributed by atoms with E-state index in [0.29, 0.717) is 15.8 Å². The Morgan fingerprint density at radius 3 is 2.45 bits per heavy atom. The third-order valence-electron chi connectivity index (χ3n) is 3.85. The fourth-order valence-corrected chi connectivity index (χ4v) is 4.13. The Balaban J connectivity index is 1.97. The van der Waals surface area contributed by atoms with E-state index in [9.17, 15) is 28.2 Å². The lowest BCUT2D eigenvalue weighted by Crippen LogP contribution is -2.03. The highest BCUT2D eigenvalue weighted by Crippen LogP contribution is 2.33. The summed E-state index contributed by atoms with van der Waals surface area (Å²) in [4.78, 5) is 9.50. The monoisotopic (exact) mass is 476 g/mol. The van der Waals surface area contributed by atoms with Gasteiger partial charge in [0.05, 0.1) is 9.82 Å². The van der Waals surface area contributed by atoms with Crippen molar-refractivity contribution < 1.29 is 22.1 Å². The highest BCUT2D eigenvalue weighted by molar-refractivity contribution is 9.10. The topological polar surface area (TPSA) is 114 Å². The Labute approximate surface area is 172 Å². The van der Waals surface area contributed by atoms with E-state index in [1.807, 2.05) is 0 Å². The van der Waals surface area contributed by atoms with Crippen LogP contribution in [0.25, 0.3) is 17.4 Å². The maximum Gasteiger partial charge on any atom is 0.270 e. The molecule has 7 nitrogen and oxygen atoms in total. The molecule has 0 amide bonds. The lowest BCUT2D eigenvalue weighted by atomic mass is 10.1. The van der Waals surface area contributed by atoms with Crippen LogP contribution in [-0.4, -0.2) is 13.3 Å². The van der Waals surface area contributed by atoms with Crippen molar-refractivity contribution in [3.8, 4) is 17.4 Å². The Hall–Kier alpha value is -3.29. The molecule has 29 heavy (non-hydrogen) atoms. The summed E-state index contributed by atoms with van der Waals surface area (Å²) in [7, 11) is -4.16. The molecule has 2 aromatic carbocycles. The van der Waals surface area contributed by atoms with Gasteiger partial charge in [0.2, 0.25) is 9.84 Å². The van der Waals surface area contributed by atoms with Gasteiger partial charge in [0, 0.05) is 28.2 Å². The number of hydrogen-bond donors (Lipinski definition) is 0. The van der Waals surface area contributed by atoms with Gasteiger partial charge in [0.25, 0.3) is 5.69 Å². The second-order valence-electron chi connectivity index (χ2n) is 5.70. The summed E-state index contributed by atoms with van der Waals surface area (Å²) < 4.78 is 44.2. The fraction of sp³-hybridized carbons (Fsp3) is 0. The Bertz CT molecular complexity index is 1270. The summed E-state index contributed by atoms with van der Waals surface area (Å²) >= 11 is 3.24. The van der Waals surface area contributed by atoms with Crippen molar-refractivity contribution in [1.29, 1.82) is 5.26 Å². The minimum absolute atomic E-state index is 0.0903. The fourth-order valence-electron chi connectivity index (χ4n) is 2.43. The first-order valence-corrected chi connectivity index (χ1v) is 10.2. The molecule has 0 fully saturated rings. The Morgan fingerprint density at radius 2 is 1.86 bits per heavy atom. The molecule has 0 radical (unpaired) electrons. The summed E-state index contributed by atoms with van der Waals surface area (Å²) in [5.74, 6) is -0.197. The lowest BCUT2D eigenvalue weighted by Gasteiger charge is -2.03. The predicted molar refractivity (Wildman–Crippen MR) is 106 cm³/mol. The van der Waals surface area contributed by atoms with Crippen LogP contribution < -0.4 is 0 Å². The van der Waals surface area contributed by atoms with Gasteiger partial charge in [-0.3, -0.25) is 10.1 Å². The quantitative estimate of drug-likeness (QED) is 0.219. The zero-order chi connectivity index (χ0) is 21.2. The summed E-state index contributed by atoms with van der Waals surface area (Å²) in [5.41, 5.74) is 0.402. The molecule has 0 bridgehead atoms. The number of nitriles is 1. The van der Waals surface area contributed by atoms with Crippen LogP contribution in [-0.2, 0) is 9.84 Å². The maximum absolute atomic E-state index is 13.0. The van der Waals surface area contributed by atoms with Crippen molar-refractivity contribution in [2.75, 3.05) is 0 Å². The molecule has 146 valence electrons. The van der Waals surface area contributed by atoms with Gasteiger partial charge in [-0.1, -0.05) is 0 Å². The highest BCUT2D eigenvalue weighted by atomic mass is 79.9. The van der Waals surface area contributed by atoms with Crippen LogP contribution in [0.3, 0.4) is 0 Å². The third-order valence-corrected chi connectivity index (χ3v) is 6.19. The van der Waals surface area contributed by atoms with Gasteiger partial charge in [0.1, 0.15) is 23.4 Å². The van der Waals surface area contributed by atoms with E-state index in [2.05, 4.69) is 15.9 Å². The molecule has 0 saturated heterocycles. The molecule has 0 atom stereocenters. The smallest absolute Gasteiger partial charge is 0.270 e. The van der Waals surface area contributed by atoms with Crippen LogP contribution in [0.15, 0.2) is 73.3 Å². The number of allylic oxidation sites excluding steroid dienone is 1.